The van der Waals surface area contributed by atoms with Crippen LogP contribution in [0.5, 0.6) is 0 Å². The Balaban J connectivity index is 1.67. The van der Waals surface area contributed by atoms with E-state index in [1.807, 2.05) is 6.07 Å². The van der Waals surface area contributed by atoms with Crippen LogP contribution in [0.3, 0.4) is 0 Å². The van der Waals surface area contributed by atoms with Crippen LogP contribution in [0, 0.1) is 0 Å². The first-order chi connectivity index (χ1) is 11.3. The van der Waals surface area contributed by atoms with Gasteiger partial charge in [0.05, 0.1) is 0 Å². The van der Waals surface area contributed by atoms with Crippen molar-refractivity contribution < 1.29 is 0 Å². The van der Waals surface area contributed by atoms with E-state index in [0.29, 0.717) is 17.6 Å². The fourth-order valence-electron chi connectivity index (χ4n) is 3.08. The van der Waals surface area contributed by atoms with Gasteiger partial charge in [-0.15, -0.1) is 0 Å². The van der Waals surface area contributed by atoms with Crippen LogP contribution in [0.4, 0.5) is 5.82 Å². The SMILES string of the molecule is CC1CN(c2ccnc(-c3ncccn3)n2)Cc2ccccc21. The minimum Gasteiger partial charge on any atom is -0.352 e. The van der Waals surface area contributed by atoms with Crippen LogP contribution in [0.15, 0.2) is 55.0 Å². The Kier molecular flexibility index (Phi) is 3.46. The fraction of sp³-hybridized carbons (Fsp3) is 0.222. The number of rotatable bonds is 2. The molecule has 0 fully saturated rings. The second kappa shape index (κ2) is 5.76. The van der Waals surface area contributed by atoms with Gasteiger partial charge >= 0.3 is 0 Å². The summed E-state index contributed by atoms with van der Waals surface area (Å²) in [6.45, 7) is 4.07. The molecule has 1 aliphatic heterocycles. The minimum atomic E-state index is 0.478. The molecule has 4 rings (SSSR count). The highest BCUT2D eigenvalue weighted by molar-refractivity contribution is 5.51. The summed E-state index contributed by atoms with van der Waals surface area (Å²) >= 11 is 0. The second-order valence-corrected chi connectivity index (χ2v) is 5.79. The van der Waals surface area contributed by atoms with Gasteiger partial charge in [0.25, 0.3) is 0 Å². The molecule has 1 aromatic carbocycles. The minimum absolute atomic E-state index is 0.478. The number of benzene rings is 1. The molecule has 0 aliphatic carbocycles. The summed E-state index contributed by atoms with van der Waals surface area (Å²) in [7, 11) is 0. The normalized spacial score (nSPS) is 16.9. The summed E-state index contributed by atoms with van der Waals surface area (Å²) in [4.78, 5) is 19.7. The summed E-state index contributed by atoms with van der Waals surface area (Å²) in [5.41, 5.74) is 2.80. The van der Waals surface area contributed by atoms with Gasteiger partial charge < -0.3 is 4.90 Å². The van der Waals surface area contributed by atoms with Gasteiger partial charge in [-0.3, -0.25) is 0 Å². The molecule has 5 nitrogen and oxygen atoms in total. The quantitative estimate of drug-likeness (QED) is 0.728. The first-order valence-electron chi connectivity index (χ1n) is 7.74. The lowest BCUT2D eigenvalue weighted by molar-refractivity contribution is 0.633. The van der Waals surface area contributed by atoms with Gasteiger partial charge in [-0.25, -0.2) is 19.9 Å². The number of hydrogen-bond acceptors (Lipinski definition) is 5. The van der Waals surface area contributed by atoms with E-state index in [0.717, 1.165) is 18.9 Å². The molecule has 3 aromatic rings. The Bertz CT molecular complexity index is 818. The van der Waals surface area contributed by atoms with E-state index in [9.17, 15) is 0 Å². The van der Waals surface area contributed by atoms with E-state index in [2.05, 4.69) is 56.0 Å². The van der Waals surface area contributed by atoms with Gasteiger partial charge in [-0.05, 0) is 29.2 Å². The standard InChI is InChI=1S/C18H17N5/c1-13-11-23(12-14-5-2-3-6-15(13)14)16-7-10-21-18(22-16)17-19-8-4-9-20-17/h2-10,13H,11-12H2,1H3. The van der Waals surface area contributed by atoms with Gasteiger partial charge in [-0.1, -0.05) is 31.2 Å². The van der Waals surface area contributed by atoms with Gasteiger partial charge in [0.1, 0.15) is 5.82 Å². The van der Waals surface area contributed by atoms with Crippen LogP contribution in [-0.4, -0.2) is 26.5 Å². The van der Waals surface area contributed by atoms with Crippen molar-refractivity contribution in [1.29, 1.82) is 0 Å². The van der Waals surface area contributed by atoms with E-state index in [4.69, 9.17) is 0 Å². The molecular formula is C18H17N5. The molecule has 0 saturated carbocycles. The molecule has 1 aliphatic rings. The Morgan fingerprint density at radius 2 is 1.70 bits per heavy atom. The topological polar surface area (TPSA) is 54.8 Å². The molecule has 114 valence electrons. The maximum Gasteiger partial charge on any atom is 0.199 e. The lowest BCUT2D eigenvalue weighted by Gasteiger charge is -2.33. The third-order valence-corrected chi connectivity index (χ3v) is 4.17. The Hall–Kier alpha value is -2.82. The molecule has 1 unspecified atom stereocenters. The predicted octanol–water partition coefficient (Wildman–Crippen LogP) is 3.06. The van der Waals surface area contributed by atoms with Crippen LogP contribution in [0.2, 0.25) is 0 Å². The number of aromatic nitrogens is 4. The van der Waals surface area contributed by atoms with Gasteiger partial charge in [-0.2, -0.15) is 0 Å². The second-order valence-electron chi connectivity index (χ2n) is 5.79. The smallest absolute Gasteiger partial charge is 0.199 e. The van der Waals surface area contributed by atoms with Gasteiger partial charge in [0.15, 0.2) is 11.6 Å². The van der Waals surface area contributed by atoms with E-state index in [-0.39, 0.29) is 0 Å². The fourth-order valence-corrected chi connectivity index (χ4v) is 3.08. The Labute approximate surface area is 135 Å². The number of hydrogen-bond donors (Lipinski definition) is 0. The maximum atomic E-state index is 4.66. The third kappa shape index (κ3) is 2.65. The summed E-state index contributed by atoms with van der Waals surface area (Å²) in [5, 5.41) is 0. The Morgan fingerprint density at radius 1 is 0.913 bits per heavy atom. The Morgan fingerprint density at radius 3 is 2.57 bits per heavy atom. The van der Waals surface area contributed by atoms with E-state index >= 15 is 0 Å². The van der Waals surface area contributed by atoms with Gasteiger partial charge in [0.2, 0.25) is 0 Å². The van der Waals surface area contributed by atoms with Crippen molar-refractivity contribution in [2.24, 2.45) is 0 Å². The van der Waals surface area contributed by atoms with Crippen molar-refractivity contribution >= 4 is 5.82 Å². The molecule has 0 saturated heterocycles. The zero-order chi connectivity index (χ0) is 15.6. The molecule has 0 radical (unpaired) electrons. The zero-order valence-electron chi connectivity index (χ0n) is 12.9. The first-order valence-corrected chi connectivity index (χ1v) is 7.74. The molecule has 3 heterocycles. The van der Waals surface area contributed by atoms with Crippen LogP contribution in [0.1, 0.15) is 24.0 Å². The van der Waals surface area contributed by atoms with Crippen molar-refractivity contribution in [1.82, 2.24) is 19.9 Å². The van der Waals surface area contributed by atoms with Crippen molar-refractivity contribution in [3.8, 4) is 11.6 Å². The maximum absolute atomic E-state index is 4.66. The van der Waals surface area contributed by atoms with Gasteiger partial charge in [0, 0.05) is 31.7 Å². The lowest BCUT2D eigenvalue weighted by atomic mass is 9.91. The summed E-state index contributed by atoms with van der Waals surface area (Å²) in [6, 6.07) is 12.4. The van der Waals surface area contributed by atoms with Crippen molar-refractivity contribution in [3.63, 3.8) is 0 Å². The molecule has 0 spiro atoms. The molecular weight excluding hydrogens is 286 g/mol. The summed E-state index contributed by atoms with van der Waals surface area (Å²) in [6.07, 6.45) is 5.19. The van der Waals surface area contributed by atoms with Crippen LogP contribution >= 0.6 is 0 Å². The highest BCUT2D eigenvalue weighted by Gasteiger charge is 2.23. The molecule has 1 atom stereocenters. The van der Waals surface area contributed by atoms with E-state index in [1.165, 1.54) is 11.1 Å². The number of nitrogens with zero attached hydrogens (tertiary/aromatic N) is 5. The van der Waals surface area contributed by atoms with Crippen molar-refractivity contribution in [2.45, 2.75) is 19.4 Å². The monoisotopic (exact) mass is 303 g/mol. The van der Waals surface area contributed by atoms with Crippen LogP contribution in [0.25, 0.3) is 11.6 Å². The highest BCUT2D eigenvalue weighted by Crippen LogP contribution is 2.30. The molecule has 0 amide bonds. The van der Waals surface area contributed by atoms with E-state index in [1.54, 1.807) is 24.7 Å². The lowest BCUT2D eigenvalue weighted by Crippen LogP contribution is -2.33. The average Bonchev–Trinajstić information content (AvgIpc) is 2.62. The van der Waals surface area contributed by atoms with Crippen LogP contribution in [-0.2, 0) is 6.54 Å². The number of anilines is 1. The number of fused-ring (bicyclic) bond motifs is 1. The average molecular weight is 303 g/mol. The first kappa shape index (κ1) is 13.8. The van der Waals surface area contributed by atoms with E-state index < -0.39 is 0 Å². The predicted molar refractivity (Wildman–Crippen MR) is 89.0 cm³/mol. The highest BCUT2D eigenvalue weighted by atomic mass is 15.2. The molecule has 5 heteroatoms. The molecule has 0 bridgehead atoms. The van der Waals surface area contributed by atoms with Crippen LogP contribution < -0.4 is 4.90 Å². The summed E-state index contributed by atoms with van der Waals surface area (Å²) < 4.78 is 0. The summed E-state index contributed by atoms with van der Waals surface area (Å²) in [5.74, 6) is 2.52. The third-order valence-electron chi connectivity index (χ3n) is 4.17. The van der Waals surface area contributed by atoms with Crippen molar-refractivity contribution in [2.75, 3.05) is 11.4 Å². The molecule has 23 heavy (non-hydrogen) atoms. The van der Waals surface area contributed by atoms with Crippen molar-refractivity contribution in [3.05, 3.63) is 66.1 Å². The zero-order valence-corrected chi connectivity index (χ0v) is 12.9. The molecule has 2 aromatic heterocycles. The molecule has 0 N–H and O–H groups in total. The largest absolute Gasteiger partial charge is 0.352 e.